The Hall–Kier alpha value is -1.68. The van der Waals surface area contributed by atoms with Crippen LogP contribution in [-0.2, 0) is 0 Å². The van der Waals surface area contributed by atoms with Crippen molar-refractivity contribution in [3.8, 4) is 11.3 Å². The Morgan fingerprint density at radius 3 is 2.53 bits per heavy atom. The van der Waals surface area contributed by atoms with E-state index >= 15 is 0 Å². The van der Waals surface area contributed by atoms with Crippen molar-refractivity contribution in [1.82, 2.24) is 15.5 Å². The van der Waals surface area contributed by atoms with Gasteiger partial charge < -0.3 is 5.32 Å². The SMILES string of the molecule is Cc1c(-c2ccc(F)cc2)n[nH]c1C1CCNCC1. The minimum Gasteiger partial charge on any atom is -0.317 e. The van der Waals surface area contributed by atoms with Crippen LogP contribution in [0.15, 0.2) is 24.3 Å². The summed E-state index contributed by atoms with van der Waals surface area (Å²) in [4.78, 5) is 0. The Kier molecular flexibility index (Phi) is 3.34. The molecule has 19 heavy (non-hydrogen) atoms. The molecule has 3 rings (SSSR count). The molecule has 0 spiro atoms. The van der Waals surface area contributed by atoms with Gasteiger partial charge in [-0.15, -0.1) is 0 Å². The third kappa shape index (κ3) is 2.40. The van der Waals surface area contributed by atoms with Crippen LogP contribution < -0.4 is 5.32 Å². The summed E-state index contributed by atoms with van der Waals surface area (Å²) in [6, 6.07) is 6.52. The van der Waals surface area contributed by atoms with Crippen molar-refractivity contribution in [3.05, 3.63) is 41.3 Å². The predicted octanol–water partition coefficient (Wildman–Crippen LogP) is 2.99. The topological polar surface area (TPSA) is 40.7 Å². The minimum absolute atomic E-state index is 0.212. The van der Waals surface area contributed by atoms with Crippen molar-refractivity contribution in [2.24, 2.45) is 0 Å². The van der Waals surface area contributed by atoms with Crippen LogP contribution in [0.2, 0.25) is 0 Å². The van der Waals surface area contributed by atoms with E-state index in [9.17, 15) is 4.39 Å². The van der Waals surface area contributed by atoms with Gasteiger partial charge in [-0.1, -0.05) is 0 Å². The van der Waals surface area contributed by atoms with Crippen molar-refractivity contribution in [2.45, 2.75) is 25.7 Å². The van der Waals surface area contributed by atoms with Crippen LogP contribution in [0.4, 0.5) is 4.39 Å². The maximum atomic E-state index is 13.0. The van der Waals surface area contributed by atoms with Crippen molar-refractivity contribution < 1.29 is 4.39 Å². The third-order valence-corrected chi connectivity index (χ3v) is 3.91. The highest BCUT2D eigenvalue weighted by molar-refractivity contribution is 5.63. The number of hydrogen-bond donors (Lipinski definition) is 2. The van der Waals surface area contributed by atoms with Crippen LogP contribution in [0.3, 0.4) is 0 Å². The first-order chi connectivity index (χ1) is 9.25. The summed E-state index contributed by atoms with van der Waals surface area (Å²) in [7, 11) is 0. The maximum Gasteiger partial charge on any atom is 0.123 e. The van der Waals surface area contributed by atoms with Crippen molar-refractivity contribution >= 4 is 0 Å². The van der Waals surface area contributed by atoms with Gasteiger partial charge in [0, 0.05) is 17.2 Å². The second kappa shape index (κ2) is 5.13. The van der Waals surface area contributed by atoms with Gasteiger partial charge in [-0.25, -0.2) is 4.39 Å². The first kappa shape index (κ1) is 12.4. The summed E-state index contributed by atoms with van der Waals surface area (Å²) >= 11 is 0. The van der Waals surface area contributed by atoms with Gasteiger partial charge in [-0.05, 0) is 62.7 Å². The summed E-state index contributed by atoms with van der Waals surface area (Å²) in [6.07, 6.45) is 2.29. The van der Waals surface area contributed by atoms with E-state index in [1.807, 2.05) is 0 Å². The lowest BCUT2D eigenvalue weighted by molar-refractivity contribution is 0.451. The zero-order chi connectivity index (χ0) is 13.2. The largest absolute Gasteiger partial charge is 0.317 e. The average molecular weight is 259 g/mol. The van der Waals surface area contributed by atoms with E-state index in [1.54, 1.807) is 12.1 Å². The molecule has 0 amide bonds. The second-order valence-electron chi connectivity index (χ2n) is 5.14. The van der Waals surface area contributed by atoms with Crippen LogP contribution in [0.25, 0.3) is 11.3 Å². The molecule has 2 heterocycles. The Balaban J connectivity index is 1.91. The summed E-state index contributed by atoms with van der Waals surface area (Å²) in [5, 5.41) is 11.0. The van der Waals surface area contributed by atoms with Gasteiger partial charge in [0.15, 0.2) is 0 Å². The third-order valence-electron chi connectivity index (χ3n) is 3.91. The smallest absolute Gasteiger partial charge is 0.123 e. The lowest BCUT2D eigenvalue weighted by Crippen LogP contribution is -2.27. The number of piperidine rings is 1. The molecule has 1 aromatic carbocycles. The molecular weight excluding hydrogens is 241 g/mol. The molecule has 0 radical (unpaired) electrons. The molecular formula is C15H18FN3. The second-order valence-corrected chi connectivity index (χ2v) is 5.14. The standard InChI is InChI=1S/C15H18FN3/c1-10-14(11-2-4-13(16)5-3-11)18-19-15(10)12-6-8-17-9-7-12/h2-5,12,17H,6-9H2,1H3,(H,18,19). The average Bonchev–Trinajstić information content (AvgIpc) is 2.83. The summed E-state index contributed by atoms with van der Waals surface area (Å²) in [6.45, 7) is 4.23. The molecule has 1 aliphatic heterocycles. The highest BCUT2D eigenvalue weighted by Gasteiger charge is 2.21. The molecule has 0 atom stereocenters. The Morgan fingerprint density at radius 2 is 1.84 bits per heavy atom. The fraction of sp³-hybridized carbons (Fsp3) is 0.400. The Bertz CT molecular complexity index is 553. The van der Waals surface area contributed by atoms with Crippen LogP contribution in [-0.4, -0.2) is 23.3 Å². The molecule has 0 bridgehead atoms. The number of halogens is 1. The normalized spacial score (nSPS) is 16.7. The molecule has 0 saturated carbocycles. The number of hydrogen-bond acceptors (Lipinski definition) is 2. The van der Waals surface area contributed by atoms with Crippen molar-refractivity contribution in [2.75, 3.05) is 13.1 Å². The molecule has 1 saturated heterocycles. The molecule has 2 N–H and O–H groups in total. The molecule has 1 aromatic heterocycles. The van der Waals surface area contributed by atoms with Crippen LogP contribution in [0.5, 0.6) is 0 Å². The quantitative estimate of drug-likeness (QED) is 0.870. The van der Waals surface area contributed by atoms with Crippen LogP contribution >= 0.6 is 0 Å². The van der Waals surface area contributed by atoms with E-state index < -0.39 is 0 Å². The van der Waals surface area contributed by atoms with Crippen LogP contribution in [0, 0.1) is 12.7 Å². The monoisotopic (exact) mass is 259 g/mol. The summed E-state index contributed by atoms with van der Waals surface area (Å²) in [5.41, 5.74) is 4.34. The Morgan fingerprint density at radius 1 is 1.16 bits per heavy atom. The number of H-pyrrole nitrogens is 1. The molecule has 2 aromatic rings. The van der Waals surface area contributed by atoms with E-state index in [1.165, 1.54) is 23.4 Å². The number of rotatable bonds is 2. The molecule has 100 valence electrons. The van der Waals surface area contributed by atoms with Gasteiger partial charge in [0.05, 0.1) is 5.69 Å². The Labute approximate surface area is 112 Å². The molecule has 1 fully saturated rings. The molecule has 1 aliphatic rings. The van der Waals surface area contributed by atoms with Gasteiger partial charge >= 0.3 is 0 Å². The van der Waals surface area contributed by atoms with E-state index in [-0.39, 0.29) is 5.82 Å². The zero-order valence-electron chi connectivity index (χ0n) is 11.0. The zero-order valence-corrected chi connectivity index (χ0v) is 11.0. The van der Waals surface area contributed by atoms with Gasteiger partial charge in [0.25, 0.3) is 0 Å². The van der Waals surface area contributed by atoms with Gasteiger partial charge in [0.1, 0.15) is 5.82 Å². The molecule has 0 aliphatic carbocycles. The van der Waals surface area contributed by atoms with E-state index in [0.717, 1.165) is 37.2 Å². The van der Waals surface area contributed by atoms with E-state index in [0.29, 0.717) is 5.92 Å². The fourth-order valence-electron chi connectivity index (χ4n) is 2.81. The first-order valence-electron chi connectivity index (χ1n) is 6.77. The number of aromatic amines is 1. The molecule has 0 unspecified atom stereocenters. The lowest BCUT2D eigenvalue weighted by atomic mass is 9.91. The highest BCUT2D eigenvalue weighted by Crippen LogP contribution is 2.31. The first-order valence-corrected chi connectivity index (χ1v) is 6.77. The maximum absolute atomic E-state index is 13.0. The predicted molar refractivity (Wildman–Crippen MR) is 73.6 cm³/mol. The highest BCUT2D eigenvalue weighted by atomic mass is 19.1. The van der Waals surface area contributed by atoms with Gasteiger partial charge in [-0.3, -0.25) is 5.10 Å². The lowest BCUT2D eigenvalue weighted by Gasteiger charge is -2.22. The minimum atomic E-state index is -0.212. The van der Waals surface area contributed by atoms with Crippen LogP contribution in [0.1, 0.15) is 30.0 Å². The van der Waals surface area contributed by atoms with Crippen molar-refractivity contribution in [1.29, 1.82) is 0 Å². The number of aromatic nitrogens is 2. The van der Waals surface area contributed by atoms with Crippen molar-refractivity contribution in [3.63, 3.8) is 0 Å². The summed E-state index contributed by atoms with van der Waals surface area (Å²) < 4.78 is 13.0. The number of nitrogens with one attached hydrogen (secondary N) is 2. The number of benzene rings is 1. The van der Waals surface area contributed by atoms with Gasteiger partial charge in [0.2, 0.25) is 0 Å². The molecule has 3 nitrogen and oxygen atoms in total. The van der Waals surface area contributed by atoms with E-state index in [2.05, 4.69) is 22.4 Å². The molecule has 4 heteroatoms. The summed E-state index contributed by atoms with van der Waals surface area (Å²) in [5.74, 6) is 0.346. The van der Waals surface area contributed by atoms with Gasteiger partial charge in [-0.2, -0.15) is 5.10 Å². The van der Waals surface area contributed by atoms with E-state index in [4.69, 9.17) is 0 Å². The fourth-order valence-corrected chi connectivity index (χ4v) is 2.81. The number of nitrogens with zero attached hydrogens (tertiary/aromatic N) is 1.